The minimum absolute atomic E-state index is 0.501. The number of aliphatic carboxylic acids is 1. The van der Waals surface area contributed by atoms with Gasteiger partial charge in [0.05, 0.1) is 13.0 Å². The summed E-state index contributed by atoms with van der Waals surface area (Å²) in [5.41, 5.74) is 2.73. The number of benzene rings is 1. The van der Waals surface area contributed by atoms with Crippen molar-refractivity contribution in [1.29, 1.82) is 0 Å². The molecule has 0 aliphatic rings. The van der Waals surface area contributed by atoms with Gasteiger partial charge in [0.1, 0.15) is 5.75 Å². The van der Waals surface area contributed by atoms with E-state index in [1.807, 2.05) is 26.0 Å². The van der Waals surface area contributed by atoms with Crippen LogP contribution in [0.1, 0.15) is 29.5 Å². The third-order valence-corrected chi connectivity index (χ3v) is 2.60. The Morgan fingerprint density at radius 2 is 2.00 bits per heavy atom. The van der Waals surface area contributed by atoms with Crippen LogP contribution in [0.2, 0.25) is 0 Å². The summed E-state index contributed by atoms with van der Waals surface area (Å²) in [4.78, 5) is 10.9. The lowest BCUT2D eigenvalue weighted by atomic mass is 9.94. The van der Waals surface area contributed by atoms with E-state index in [2.05, 4.69) is 0 Å². The lowest BCUT2D eigenvalue weighted by Gasteiger charge is -2.14. The highest BCUT2D eigenvalue weighted by molar-refractivity contribution is 5.76. The van der Waals surface area contributed by atoms with Crippen molar-refractivity contribution >= 4 is 5.97 Å². The van der Waals surface area contributed by atoms with Crippen LogP contribution in [0.4, 0.5) is 0 Å². The van der Waals surface area contributed by atoms with Crippen LogP contribution in [0.5, 0.6) is 5.75 Å². The highest BCUT2D eigenvalue weighted by Crippen LogP contribution is 2.28. The molecule has 0 bridgehead atoms. The summed E-state index contributed by atoms with van der Waals surface area (Å²) in [6.45, 7) is 5.50. The molecular weight excluding hydrogens is 192 g/mol. The minimum atomic E-state index is -0.814. The topological polar surface area (TPSA) is 46.5 Å². The largest absolute Gasteiger partial charge is 0.496 e. The maximum atomic E-state index is 10.9. The molecule has 0 spiro atoms. The van der Waals surface area contributed by atoms with Gasteiger partial charge in [0.2, 0.25) is 0 Å². The van der Waals surface area contributed by atoms with Crippen molar-refractivity contribution in [2.75, 3.05) is 7.11 Å². The first-order valence-electron chi connectivity index (χ1n) is 4.85. The Morgan fingerprint density at radius 3 is 2.47 bits per heavy atom. The fraction of sp³-hybridized carbons (Fsp3) is 0.417. The summed E-state index contributed by atoms with van der Waals surface area (Å²) in [6, 6.07) is 3.81. The lowest BCUT2D eigenvalue weighted by Crippen LogP contribution is -2.09. The van der Waals surface area contributed by atoms with Gasteiger partial charge in [0.25, 0.3) is 0 Å². The molecule has 1 atom stereocenters. The first-order chi connectivity index (χ1) is 6.97. The van der Waals surface area contributed by atoms with Crippen LogP contribution in [0, 0.1) is 13.8 Å². The van der Waals surface area contributed by atoms with E-state index in [-0.39, 0.29) is 0 Å². The molecule has 0 radical (unpaired) electrons. The number of methoxy groups -OCH3 is 1. The Labute approximate surface area is 89.7 Å². The molecule has 0 fully saturated rings. The maximum Gasteiger partial charge on any atom is 0.310 e. The third-order valence-electron chi connectivity index (χ3n) is 2.60. The normalized spacial score (nSPS) is 12.3. The van der Waals surface area contributed by atoms with Gasteiger partial charge in [-0.2, -0.15) is 0 Å². The smallest absolute Gasteiger partial charge is 0.310 e. The second-order valence-corrected chi connectivity index (χ2v) is 3.74. The Kier molecular flexibility index (Phi) is 3.35. The van der Waals surface area contributed by atoms with Crippen molar-refractivity contribution in [1.82, 2.24) is 0 Å². The molecule has 15 heavy (non-hydrogen) atoms. The summed E-state index contributed by atoms with van der Waals surface area (Å²) in [6.07, 6.45) is 0. The minimum Gasteiger partial charge on any atom is -0.496 e. The Hall–Kier alpha value is -1.51. The highest BCUT2D eigenvalue weighted by atomic mass is 16.5. The number of hydrogen-bond donors (Lipinski definition) is 1. The maximum absolute atomic E-state index is 10.9. The van der Waals surface area contributed by atoms with E-state index in [1.165, 1.54) is 0 Å². The van der Waals surface area contributed by atoms with Gasteiger partial charge in [-0.15, -0.1) is 0 Å². The molecule has 1 aromatic rings. The molecule has 0 aliphatic heterocycles. The van der Waals surface area contributed by atoms with Crippen molar-refractivity contribution < 1.29 is 14.6 Å². The molecule has 1 N–H and O–H groups in total. The standard InChI is InChI=1S/C12H16O3/c1-7-5-10(9(3)12(13)14)8(2)11(6-7)15-4/h5-6,9H,1-4H3,(H,13,14). The van der Waals surface area contributed by atoms with E-state index in [4.69, 9.17) is 9.84 Å². The number of aryl methyl sites for hydroxylation is 1. The molecule has 0 saturated carbocycles. The Balaban J connectivity index is 3.28. The number of carboxylic acids is 1. The second-order valence-electron chi connectivity index (χ2n) is 3.74. The van der Waals surface area contributed by atoms with Crippen molar-refractivity contribution in [3.8, 4) is 5.75 Å². The molecule has 1 unspecified atom stereocenters. The molecule has 0 amide bonds. The van der Waals surface area contributed by atoms with Gasteiger partial charge in [-0.3, -0.25) is 4.79 Å². The predicted molar refractivity (Wildman–Crippen MR) is 58.5 cm³/mol. The van der Waals surface area contributed by atoms with Gasteiger partial charge in [0.15, 0.2) is 0 Å². The van der Waals surface area contributed by atoms with Gasteiger partial charge in [-0.05, 0) is 43.5 Å². The molecule has 82 valence electrons. The second kappa shape index (κ2) is 4.34. The Morgan fingerprint density at radius 1 is 1.40 bits per heavy atom. The van der Waals surface area contributed by atoms with E-state index in [1.54, 1.807) is 14.0 Å². The first-order valence-corrected chi connectivity index (χ1v) is 4.85. The van der Waals surface area contributed by atoms with E-state index in [0.29, 0.717) is 0 Å². The van der Waals surface area contributed by atoms with E-state index in [0.717, 1.165) is 22.4 Å². The quantitative estimate of drug-likeness (QED) is 0.830. The number of carboxylic acid groups (broad SMARTS) is 1. The van der Waals surface area contributed by atoms with Crippen LogP contribution in [0.25, 0.3) is 0 Å². The van der Waals surface area contributed by atoms with E-state index in [9.17, 15) is 4.79 Å². The van der Waals surface area contributed by atoms with Gasteiger partial charge >= 0.3 is 5.97 Å². The average Bonchev–Trinajstić information content (AvgIpc) is 2.19. The number of carbonyl (C=O) groups is 1. The summed E-state index contributed by atoms with van der Waals surface area (Å²) in [7, 11) is 1.59. The van der Waals surface area contributed by atoms with Gasteiger partial charge in [-0.1, -0.05) is 6.07 Å². The van der Waals surface area contributed by atoms with Crippen molar-refractivity contribution in [2.45, 2.75) is 26.7 Å². The number of hydrogen-bond acceptors (Lipinski definition) is 2. The van der Waals surface area contributed by atoms with E-state index >= 15 is 0 Å². The molecule has 0 aromatic heterocycles. The molecule has 0 heterocycles. The molecule has 0 saturated heterocycles. The molecular formula is C12H16O3. The molecule has 0 aliphatic carbocycles. The van der Waals surface area contributed by atoms with Crippen LogP contribution in [-0.4, -0.2) is 18.2 Å². The average molecular weight is 208 g/mol. The highest BCUT2D eigenvalue weighted by Gasteiger charge is 2.18. The van der Waals surface area contributed by atoms with Gasteiger partial charge < -0.3 is 9.84 Å². The van der Waals surface area contributed by atoms with Crippen molar-refractivity contribution in [3.63, 3.8) is 0 Å². The number of ether oxygens (including phenoxy) is 1. The van der Waals surface area contributed by atoms with E-state index < -0.39 is 11.9 Å². The fourth-order valence-corrected chi connectivity index (χ4v) is 1.65. The zero-order valence-corrected chi connectivity index (χ0v) is 9.50. The van der Waals surface area contributed by atoms with Gasteiger partial charge in [-0.25, -0.2) is 0 Å². The van der Waals surface area contributed by atoms with Crippen molar-refractivity contribution in [3.05, 3.63) is 28.8 Å². The lowest BCUT2D eigenvalue weighted by molar-refractivity contribution is -0.138. The van der Waals surface area contributed by atoms with Crippen LogP contribution in [0.15, 0.2) is 12.1 Å². The summed E-state index contributed by atoms with van der Waals surface area (Å²) in [5, 5.41) is 8.97. The van der Waals surface area contributed by atoms with Crippen LogP contribution in [0.3, 0.4) is 0 Å². The number of rotatable bonds is 3. The van der Waals surface area contributed by atoms with Crippen LogP contribution in [-0.2, 0) is 4.79 Å². The zero-order valence-electron chi connectivity index (χ0n) is 9.50. The summed E-state index contributed by atoms with van der Waals surface area (Å²) < 4.78 is 5.20. The van der Waals surface area contributed by atoms with Crippen LogP contribution < -0.4 is 4.74 Å². The molecule has 1 rings (SSSR count). The summed E-state index contributed by atoms with van der Waals surface area (Å²) >= 11 is 0. The summed E-state index contributed by atoms with van der Waals surface area (Å²) in [5.74, 6) is -0.567. The molecule has 3 nitrogen and oxygen atoms in total. The van der Waals surface area contributed by atoms with Crippen molar-refractivity contribution in [2.24, 2.45) is 0 Å². The fourth-order valence-electron chi connectivity index (χ4n) is 1.65. The predicted octanol–water partition coefficient (Wildman–Crippen LogP) is 2.50. The monoisotopic (exact) mass is 208 g/mol. The zero-order chi connectivity index (χ0) is 11.6. The van der Waals surface area contributed by atoms with Crippen LogP contribution >= 0.6 is 0 Å². The third kappa shape index (κ3) is 2.29. The molecule has 3 heteroatoms. The molecule has 1 aromatic carbocycles. The first kappa shape index (κ1) is 11.6. The SMILES string of the molecule is COc1cc(C)cc(C(C)C(=O)O)c1C. The van der Waals surface area contributed by atoms with Gasteiger partial charge in [0, 0.05) is 0 Å². The Bertz CT molecular complexity index is 383.